The molecule has 0 bridgehead atoms. The Morgan fingerprint density at radius 2 is 2.00 bits per heavy atom. The fourth-order valence-corrected chi connectivity index (χ4v) is 4.34. The highest BCUT2D eigenvalue weighted by Crippen LogP contribution is 2.41. The number of nitrogens with one attached hydrogen (secondary N) is 1. The van der Waals surface area contributed by atoms with Crippen molar-refractivity contribution in [3.63, 3.8) is 0 Å². The largest absolute Gasteiger partial charge is 0.416 e. The van der Waals surface area contributed by atoms with Gasteiger partial charge in [0.15, 0.2) is 0 Å². The number of aromatic nitrogens is 4. The van der Waals surface area contributed by atoms with Crippen molar-refractivity contribution < 1.29 is 22.7 Å². The highest BCUT2D eigenvalue weighted by atomic mass is 19.4. The number of aliphatic hydroxyl groups is 1. The molecule has 0 fully saturated rings. The predicted octanol–water partition coefficient (Wildman–Crippen LogP) is 4.09. The van der Waals surface area contributed by atoms with E-state index in [9.17, 15) is 22.7 Å². The molecule has 10 heteroatoms. The molecule has 1 aliphatic rings. The zero-order chi connectivity index (χ0) is 22.6. The molecule has 0 saturated carbocycles. The second-order valence-electron chi connectivity index (χ2n) is 7.74. The molecule has 0 spiro atoms. The quantitative estimate of drug-likeness (QED) is 0.467. The lowest BCUT2D eigenvalue weighted by Crippen LogP contribution is -2.28. The Hall–Kier alpha value is -3.24. The van der Waals surface area contributed by atoms with E-state index in [1.165, 1.54) is 0 Å². The molecule has 166 valence electrons. The van der Waals surface area contributed by atoms with E-state index in [-0.39, 0.29) is 18.0 Å². The van der Waals surface area contributed by atoms with Gasteiger partial charge in [-0.15, -0.1) is 0 Å². The van der Waals surface area contributed by atoms with Crippen LogP contribution in [0.15, 0.2) is 36.7 Å². The van der Waals surface area contributed by atoms with Gasteiger partial charge in [0.25, 0.3) is 0 Å². The molecule has 0 unspecified atom stereocenters. The summed E-state index contributed by atoms with van der Waals surface area (Å²) in [7, 11) is 0. The molecule has 0 aliphatic carbocycles. The molecule has 1 aliphatic heterocycles. The minimum Gasteiger partial charge on any atom is -0.376 e. The summed E-state index contributed by atoms with van der Waals surface area (Å²) in [5.74, 6) is -0.987. The van der Waals surface area contributed by atoms with Crippen LogP contribution in [-0.4, -0.2) is 31.0 Å². The molecule has 1 aromatic carbocycles. The third kappa shape index (κ3) is 3.18. The molecule has 32 heavy (non-hydrogen) atoms. The number of halogens is 4. The topological polar surface area (TPSA) is 67.9 Å². The van der Waals surface area contributed by atoms with Crippen molar-refractivity contribution in [3.8, 4) is 22.4 Å². The van der Waals surface area contributed by atoms with E-state index in [0.29, 0.717) is 36.9 Å². The zero-order valence-corrected chi connectivity index (χ0v) is 17.0. The average Bonchev–Trinajstić information content (AvgIpc) is 3.30. The molecule has 0 saturated heterocycles. The minimum absolute atomic E-state index is 0.000828. The maximum Gasteiger partial charge on any atom is 0.416 e. The van der Waals surface area contributed by atoms with Crippen molar-refractivity contribution in [1.82, 2.24) is 24.6 Å². The minimum atomic E-state index is -4.64. The number of benzene rings is 1. The first-order chi connectivity index (χ1) is 15.3. The monoisotopic (exact) mass is 445 g/mol. The van der Waals surface area contributed by atoms with Crippen LogP contribution in [0.25, 0.3) is 33.4 Å². The molecule has 4 aromatic rings. The number of hydrogen-bond donors (Lipinski definition) is 2. The first-order valence-electron chi connectivity index (χ1n) is 10.0. The molecule has 0 amide bonds. The van der Waals surface area contributed by atoms with Gasteiger partial charge in [-0.05, 0) is 42.3 Å². The molecular weight excluding hydrogens is 426 g/mol. The van der Waals surface area contributed by atoms with Gasteiger partial charge in [-0.3, -0.25) is 4.68 Å². The molecule has 5 rings (SSSR count). The Balaban J connectivity index is 1.80. The third-order valence-corrected chi connectivity index (χ3v) is 5.77. The number of alkyl halides is 3. The molecule has 0 atom stereocenters. The molecule has 4 heterocycles. The fraction of sp³-hybridized carbons (Fsp3) is 0.273. The van der Waals surface area contributed by atoms with E-state index in [0.717, 1.165) is 34.3 Å². The molecule has 6 nitrogen and oxygen atoms in total. The Labute approximate surface area is 180 Å². The maximum atomic E-state index is 15.0. The lowest BCUT2D eigenvalue weighted by molar-refractivity contribution is -0.137. The van der Waals surface area contributed by atoms with Gasteiger partial charge in [-0.2, -0.15) is 18.3 Å². The van der Waals surface area contributed by atoms with Crippen LogP contribution in [0.2, 0.25) is 0 Å². The van der Waals surface area contributed by atoms with Crippen molar-refractivity contribution >= 4 is 11.0 Å². The van der Waals surface area contributed by atoms with Crippen LogP contribution in [0, 0.1) is 12.7 Å². The van der Waals surface area contributed by atoms with E-state index in [2.05, 4.69) is 15.4 Å². The van der Waals surface area contributed by atoms with Gasteiger partial charge in [0.2, 0.25) is 0 Å². The van der Waals surface area contributed by atoms with Gasteiger partial charge >= 0.3 is 6.18 Å². The van der Waals surface area contributed by atoms with Gasteiger partial charge in [0.05, 0.1) is 17.8 Å². The number of aliphatic hydroxyl groups excluding tert-OH is 1. The van der Waals surface area contributed by atoms with Gasteiger partial charge in [-0.1, -0.05) is 0 Å². The number of rotatable bonds is 3. The van der Waals surface area contributed by atoms with E-state index in [4.69, 9.17) is 0 Å². The number of pyridine rings is 1. The average molecular weight is 445 g/mol. The fourth-order valence-electron chi connectivity index (χ4n) is 4.34. The summed E-state index contributed by atoms with van der Waals surface area (Å²) in [6.07, 6.45) is -1.27. The number of aryl methyl sites for hydroxylation is 1. The van der Waals surface area contributed by atoms with Gasteiger partial charge in [-0.25, -0.2) is 9.37 Å². The van der Waals surface area contributed by atoms with Crippen LogP contribution >= 0.6 is 0 Å². The van der Waals surface area contributed by atoms with Crippen molar-refractivity contribution in [1.29, 1.82) is 0 Å². The van der Waals surface area contributed by atoms with Crippen LogP contribution in [0.3, 0.4) is 0 Å². The predicted molar refractivity (Wildman–Crippen MR) is 110 cm³/mol. The second kappa shape index (κ2) is 7.42. The Morgan fingerprint density at radius 3 is 2.72 bits per heavy atom. The van der Waals surface area contributed by atoms with Gasteiger partial charge in [0.1, 0.15) is 23.9 Å². The van der Waals surface area contributed by atoms with Crippen molar-refractivity contribution in [2.45, 2.75) is 32.9 Å². The first-order valence-corrected chi connectivity index (χ1v) is 10.0. The smallest absolute Gasteiger partial charge is 0.376 e. The zero-order valence-electron chi connectivity index (χ0n) is 17.0. The van der Waals surface area contributed by atoms with Crippen molar-refractivity contribution in [2.75, 3.05) is 6.54 Å². The molecular formula is C22H19F4N5O. The lowest BCUT2D eigenvalue weighted by atomic mass is 9.95. The van der Waals surface area contributed by atoms with Gasteiger partial charge < -0.3 is 15.0 Å². The number of fused-ring (bicyclic) bond motifs is 2. The normalized spacial score (nSPS) is 14.2. The van der Waals surface area contributed by atoms with Crippen LogP contribution in [-0.2, 0) is 26.0 Å². The van der Waals surface area contributed by atoms with Crippen LogP contribution in [0.1, 0.15) is 16.8 Å². The second-order valence-corrected chi connectivity index (χ2v) is 7.74. The summed E-state index contributed by atoms with van der Waals surface area (Å²) in [6, 6.07) is 4.29. The lowest BCUT2D eigenvalue weighted by Gasteiger charge is -2.16. The van der Waals surface area contributed by atoms with Crippen molar-refractivity contribution in [3.05, 3.63) is 59.3 Å². The summed E-state index contributed by atoms with van der Waals surface area (Å²) in [5.41, 5.74) is 2.84. The van der Waals surface area contributed by atoms with E-state index < -0.39 is 17.6 Å². The summed E-state index contributed by atoms with van der Waals surface area (Å²) in [6.45, 7) is 3.33. The standard InChI is InChI=1S/C22H19F4N5O/c1-12-10-30(11-32)21-18(12)15(4-5-28-21)19-17-9-27-6-7-31(17)29-20(19)14-3-2-13(8-16(14)23)22(24,25)26/h2-5,8,10,27,32H,6-7,9,11H2,1H3. The van der Waals surface area contributed by atoms with Gasteiger partial charge in [0, 0.05) is 42.0 Å². The summed E-state index contributed by atoms with van der Waals surface area (Å²) < 4.78 is 57.5. The third-order valence-electron chi connectivity index (χ3n) is 5.77. The molecule has 0 radical (unpaired) electrons. The SMILES string of the molecule is Cc1cn(CO)c2nccc(-c3c(-c4ccc(C(F)(F)F)cc4F)nn4c3CNCC4)c12. The maximum absolute atomic E-state index is 15.0. The summed E-state index contributed by atoms with van der Waals surface area (Å²) >= 11 is 0. The van der Waals surface area contributed by atoms with Crippen LogP contribution in [0.5, 0.6) is 0 Å². The Bertz CT molecular complexity index is 1340. The summed E-state index contributed by atoms with van der Waals surface area (Å²) in [4.78, 5) is 4.38. The molecule has 2 N–H and O–H groups in total. The number of hydrogen-bond acceptors (Lipinski definition) is 4. The van der Waals surface area contributed by atoms with Crippen molar-refractivity contribution in [2.24, 2.45) is 0 Å². The summed E-state index contributed by atoms with van der Waals surface area (Å²) in [5, 5.41) is 18.3. The van der Waals surface area contributed by atoms with E-state index >= 15 is 0 Å². The Kier molecular flexibility index (Phi) is 4.79. The van der Waals surface area contributed by atoms with E-state index in [1.807, 2.05) is 6.92 Å². The van der Waals surface area contributed by atoms with Crippen LogP contribution < -0.4 is 5.32 Å². The van der Waals surface area contributed by atoms with E-state index in [1.54, 1.807) is 27.7 Å². The first kappa shape index (κ1) is 20.7. The number of nitrogens with zero attached hydrogens (tertiary/aromatic N) is 4. The molecule has 3 aromatic heterocycles. The highest BCUT2D eigenvalue weighted by molar-refractivity contribution is 6.00. The Morgan fingerprint density at radius 1 is 1.19 bits per heavy atom. The van der Waals surface area contributed by atoms with Crippen LogP contribution in [0.4, 0.5) is 17.6 Å². The highest BCUT2D eigenvalue weighted by Gasteiger charge is 2.32.